The summed E-state index contributed by atoms with van der Waals surface area (Å²) < 4.78 is 10.8. The largest absolute Gasteiger partial charge is 0.466 e. The van der Waals surface area contributed by atoms with Gasteiger partial charge in [-0.05, 0) is 37.5 Å². The van der Waals surface area contributed by atoms with E-state index in [4.69, 9.17) is 9.47 Å². The summed E-state index contributed by atoms with van der Waals surface area (Å²) in [5, 5.41) is 4.60. The highest BCUT2D eigenvalue weighted by molar-refractivity contribution is 5.90. The molecule has 0 bridgehead atoms. The number of aromatic amines is 1. The highest BCUT2D eigenvalue weighted by Crippen LogP contribution is 2.47. The Bertz CT molecular complexity index is 1110. The third-order valence-corrected chi connectivity index (χ3v) is 6.36. The molecule has 0 fully saturated rings. The second kappa shape index (κ2) is 9.17. The maximum absolute atomic E-state index is 13.3. The van der Waals surface area contributed by atoms with Gasteiger partial charge in [-0.25, -0.2) is 0 Å². The van der Waals surface area contributed by atoms with E-state index >= 15 is 0 Å². The Labute approximate surface area is 188 Å². The maximum atomic E-state index is 13.3. The van der Waals surface area contributed by atoms with Crippen molar-refractivity contribution in [2.75, 3.05) is 13.2 Å². The number of hydrogen-bond donors (Lipinski definition) is 2. The van der Waals surface area contributed by atoms with E-state index in [0.717, 1.165) is 27.7 Å². The van der Waals surface area contributed by atoms with Crippen LogP contribution >= 0.6 is 0 Å². The molecule has 0 saturated heterocycles. The van der Waals surface area contributed by atoms with Gasteiger partial charge in [0.1, 0.15) is 6.04 Å². The number of ether oxygens (including phenoxy) is 2. The Morgan fingerprint density at radius 3 is 2.31 bits per heavy atom. The van der Waals surface area contributed by atoms with Crippen LogP contribution in [0.25, 0.3) is 10.9 Å². The first-order valence-electron chi connectivity index (χ1n) is 11.3. The number of benzene rings is 2. The first-order chi connectivity index (χ1) is 15.5. The molecule has 0 aliphatic carbocycles. The zero-order valence-electron chi connectivity index (χ0n) is 18.8. The number of aromatic nitrogens is 1. The molecular weight excluding hydrogens is 404 g/mol. The zero-order chi connectivity index (χ0) is 22.7. The zero-order valence-corrected chi connectivity index (χ0v) is 18.8. The summed E-state index contributed by atoms with van der Waals surface area (Å²) in [6, 6.07) is 17.4. The molecular formula is C26H30N2O4. The third-order valence-electron chi connectivity index (χ3n) is 6.36. The number of carbonyl (C=O) groups excluding carboxylic acids is 2. The van der Waals surface area contributed by atoms with Crippen LogP contribution in [0.15, 0.2) is 54.6 Å². The number of hydrogen-bond acceptors (Lipinski definition) is 5. The summed E-state index contributed by atoms with van der Waals surface area (Å²) in [6.07, 6.45) is 0.720. The van der Waals surface area contributed by atoms with Crippen LogP contribution in [0, 0.1) is 0 Å². The van der Waals surface area contributed by atoms with Crippen LogP contribution in [0.1, 0.15) is 56.4 Å². The molecule has 0 saturated carbocycles. The van der Waals surface area contributed by atoms with Gasteiger partial charge in [0.2, 0.25) is 0 Å². The molecule has 6 nitrogen and oxygen atoms in total. The highest BCUT2D eigenvalue weighted by Gasteiger charge is 2.50. The molecule has 2 N–H and O–H groups in total. The van der Waals surface area contributed by atoms with Gasteiger partial charge in [0, 0.05) is 22.5 Å². The van der Waals surface area contributed by atoms with Gasteiger partial charge in [-0.1, -0.05) is 55.5 Å². The second-order valence-corrected chi connectivity index (χ2v) is 8.14. The van der Waals surface area contributed by atoms with Crippen LogP contribution in [-0.2, 0) is 24.6 Å². The Morgan fingerprint density at radius 1 is 0.938 bits per heavy atom. The summed E-state index contributed by atoms with van der Waals surface area (Å²) in [6.45, 7) is 6.22. The second-order valence-electron chi connectivity index (χ2n) is 8.14. The van der Waals surface area contributed by atoms with Crippen molar-refractivity contribution in [3.8, 4) is 0 Å². The molecule has 3 aromatic rings. The molecule has 0 radical (unpaired) electrons. The summed E-state index contributed by atoms with van der Waals surface area (Å²) in [4.78, 5) is 29.5. The van der Waals surface area contributed by atoms with Gasteiger partial charge in [-0.3, -0.25) is 14.9 Å². The van der Waals surface area contributed by atoms with E-state index in [1.165, 1.54) is 0 Å². The lowest BCUT2D eigenvalue weighted by atomic mass is 9.72. The highest BCUT2D eigenvalue weighted by atomic mass is 16.5. The molecule has 2 heterocycles. The van der Waals surface area contributed by atoms with Crippen molar-refractivity contribution in [2.24, 2.45) is 0 Å². The molecule has 3 atom stereocenters. The van der Waals surface area contributed by atoms with Crippen molar-refractivity contribution in [1.29, 1.82) is 0 Å². The predicted molar refractivity (Wildman–Crippen MR) is 123 cm³/mol. The lowest BCUT2D eigenvalue weighted by molar-refractivity contribution is -0.150. The van der Waals surface area contributed by atoms with Crippen molar-refractivity contribution < 1.29 is 19.1 Å². The van der Waals surface area contributed by atoms with Crippen molar-refractivity contribution in [2.45, 2.75) is 51.1 Å². The Morgan fingerprint density at radius 2 is 1.62 bits per heavy atom. The Kier molecular flexibility index (Phi) is 6.33. The van der Waals surface area contributed by atoms with Gasteiger partial charge in [-0.15, -0.1) is 0 Å². The van der Waals surface area contributed by atoms with E-state index < -0.39 is 11.6 Å². The summed E-state index contributed by atoms with van der Waals surface area (Å²) >= 11 is 0. The molecule has 1 aliphatic rings. The molecule has 0 amide bonds. The van der Waals surface area contributed by atoms with Crippen molar-refractivity contribution >= 4 is 22.8 Å². The molecule has 0 spiro atoms. The maximum Gasteiger partial charge on any atom is 0.324 e. The standard InChI is InChI=1S/C26H30N2O4/c1-4-26(16-20(29)31-5-2)24-22(18-14-10-11-15-19(18)27-24)21(17-12-8-7-9-13-17)23(28-26)25(30)32-6-3/h7-15,21,23,27-28H,4-6,16H2,1-3H3/t21-,23-,26+/m1/s1. The van der Waals surface area contributed by atoms with Crippen LogP contribution in [0.3, 0.4) is 0 Å². The average Bonchev–Trinajstić information content (AvgIpc) is 3.20. The van der Waals surface area contributed by atoms with Crippen LogP contribution in [0.4, 0.5) is 0 Å². The number of esters is 2. The van der Waals surface area contributed by atoms with Gasteiger partial charge in [0.15, 0.2) is 0 Å². The molecule has 1 aromatic heterocycles. The number of H-pyrrole nitrogens is 1. The lowest BCUT2D eigenvalue weighted by Crippen LogP contribution is -2.58. The van der Waals surface area contributed by atoms with Crippen molar-refractivity contribution in [1.82, 2.24) is 10.3 Å². The fourth-order valence-corrected chi connectivity index (χ4v) is 4.93. The van der Waals surface area contributed by atoms with Crippen LogP contribution < -0.4 is 5.32 Å². The SMILES string of the molecule is CCOC(=O)C[C@]1(CC)N[C@@H](C(=O)OCC)[C@H](c2ccccc2)c2c1[nH]c1ccccc21. The smallest absolute Gasteiger partial charge is 0.324 e. The third kappa shape index (κ3) is 3.79. The van der Waals surface area contributed by atoms with E-state index in [1.54, 1.807) is 13.8 Å². The minimum Gasteiger partial charge on any atom is -0.466 e. The molecule has 168 valence electrons. The number of fused-ring (bicyclic) bond motifs is 3. The topological polar surface area (TPSA) is 80.4 Å². The number of rotatable bonds is 7. The van der Waals surface area contributed by atoms with Gasteiger partial charge >= 0.3 is 11.9 Å². The van der Waals surface area contributed by atoms with Crippen LogP contribution in [0.5, 0.6) is 0 Å². The fraction of sp³-hybridized carbons (Fsp3) is 0.385. The van der Waals surface area contributed by atoms with E-state index in [9.17, 15) is 9.59 Å². The minimum atomic E-state index is -0.774. The molecule has 4 rings (SSSR count). The van der Waals surface area contributed by atoms with E-state index in [-0.39, 0.29) is 30.9 Å². The van der Waals surface area contributed by atoms with Crippen molar-refractivity contribution in [3.05, 3.63) is 71.4 Å². The predicted octanol–water partition coefficient (Wildman–Crippen LogP) is 4.39. The van der Waals surface area contributed by atoms with E-state index in [0.29, 0.717) is 13.0 Å². The van der Waals surface area contributed by atoms with Crippen molar-refractivity contribution in [3.63, 3.8) is 0 Å². The summed E-state index contributed by atoms with van der Waals surface area (Å²) in [5.41, 5.74) is 3.19. The van der Waals surface area contributed by atoms with Gasteiger partial charge in [0.25, 0.3) is 0 Å². The minimum absolute atomic E-state index is 0.120. The number of para-hydroxylation sites is 1. The molecule has 0 unspecified atom stereocenters. The van der Waals surface area contributed by atoms with Crippen LogP contribution in [0.2, 0.25) is 0 Å². The first-order valence-corrected chi connectivity index (χ1v) is 11.3. The lowest BCUT2D eigenvalue weighted by Gasteiger charge is -2.44. The Hall–Kier alpha value is -3.12. The van der Waals surface area contributed by atoms with Gasteiger partial charge < -0.3 is 14.5 Å². The monoisotopic (exact) mass is 434 g/mol. The fourth-order valence-electron chi connectivity index (χ4n) is 4.93. The molecule has 1 aliphatic heterocycles. The van der Waals surface area contributed by atoms with Gasteiger partial charge in [0.05, 0.1) is 25.2 Å². The summed E-state index contributed by atoms with van der Waals surface area (Å²) in [7, 11) is 0. The number of carbonyl (C=O) groups is 2. The molecule has 2 aromatic carbocycles. The van der Waals surface area contributed by atoms with E-state index in [1.807, 2.05) is 55.5 Å². The van der Waals surface area contributed by atoms with Gasteiger partial charge in [-0.2, -0.15) is 0 Å². The Balaban J connectivity index is 1.98. The first kappa shape index (κ1) is 22.1. The normalized spacial score (nSPS) is 22.3. The molecule has 6 heteroatoms. The van der Waals surface area contributed by atoms with Crippen LogP contribution in [-0.4, -0.2) is 36.2 Å². The quantitative estimate of drug-likeness (QED) is 0.539. The average molecular weight is 435 g/mol. The molecule has 32 heavy (non-hydrogen) atoms. The number of nitrogens with one attached hydrogen (secondary N) is 2. The summed E-state index contributed by atoms with van der Waals surface area (Å²) in [5.74, 6) is -0.880. The van der Waals surface area contributed by atoms with E-state index in [2.05, 4.69) is 16.4 Å².